The molecule has 7 N–H and O–H groups in total. The van der Waals surface area contributed by atoms with E-state index in [0.29, 0.717) is 205 Å². The Bertz CT molecular complexity index is 4250. The van der Waals surface area contributed by atoms with E-state index in [4.69, 9.17) is 89.0 Å². The summed E-state index contributed by atoms with van der Waals surface area (Å²) in [7, 11) is 0.808. The minimum atomic E-state index is -3.78. The number of aryl methyl sites for hydroxylation is 1. The predicted molar refractivity (Wildman–Crippen MR) is 487 cm³/mol. The number of carbonyl (C=O) groups is 6. The number of hydrogen-bond acceptors (Lipinski definition) is 29. The average Bonchev–Trinajstić information content (AvgIpc) is 1.08. The molecule has 4 aliphatic heterocycles. The van der Waals surface area contributed by atoms with Gasteiger partial charge in [-0.1, -0.05) is 77.1 Å². The number of Topliss-reactive ketones (excluding diaryl/α,β-unsaturated/α-hetero) is 2. The zero-order valence-electron chi connectivity index (χ0n) is 77.2. The smallest absolute Gasteiger partial charge is 0.329 e. The molecular weight excluding hydrogens is 1710 g/mol. The van der Waals surface area contributed by atoms with Crippen LogP contribution in [0.15, 0.2) is 107 Å². The number of anilines is 1. The third-order valence-electron chi connectivity index (χ3n) is 24.4. The molecule has 5 heterocycles. The molecule has 2 aromatic carbocycles. The second-order valence-electron chi connectivity index (χ2n) is 34.3. The summed E-state index contributed by atoms with van der Waals surface area (Å²) in [6.07, 6.45) is 12.1. The molecule has 2 bridgehead atoms. The summed E-state index contributed by atoms with van der Waals surface area (Å²) in [4.78, 5) is 91.2. The Labute approximate surface area is 766 Å². The number of rotatable bonds is 40. The summed E-state index contributed by atoms with van der Waals surface area (Å²) in [5.74, 6) is -7.56. The van der Waals surface area contributed by atoms with Crippen molar-refractivity contribution < 1.29 is 124 Å². The number of nitrogens with one attached hydrogen (secondary N) is 2. The zero-order valence-corrected chi connectivity index (χ0v) is 78.9. The van der Waals surface area contributed by atoms with Crippen LogP contribution in [-0.2, 0) is 107 Å². The quantitative estimate of drug-likeness (QED) is 0.0102. The number of pyridine rings is 1. The fourth-order valence-corrected chi connectivity index (χ4v) is 18.1. The van der Waals surface area contributed by atoms with E-state index in [9.17, 15) is 52.5 Å². The average molecular weight is 1850 g/mol. The largest absolute Gasteiger partial charge is 0.491 e. The van der Waals surface area contributed by atoms with E-state index in [1.54, 1.807) is 65.2 Å². The van der Waals surface area contributed by atoms with Crippen molar-refractivity contribution in [3.8, 4) is 16.9 Å². The number of amides is 3. The number of carbonyl (C=O) groups excluding carboxylic acids is 6. The number of piperidine rings is 1. The highest BCUT2D eigenvalue weighted by atomic mass is 32.2. The van der Waals surface area contributed by atoms with Crippen molar-refractivity contribution in [2.24, 2.45) is 35.5 Å². The first-order chi connectivity index (χ1) is 61.9. The van der Waals surface area contributed by atoms with Crippen LogP contribution in [-0.4, -0.2) is 305 Å². The maximum absolute atomic E-state index is 14.8. The number of sulfone groups is 1. The van der Waals surface area contributed by atoms with Crippen molar-refractivity contribution in [1.82, 2.24) is 25.4 Å². The second kappa shape index (κ2) is 55.8. The minimum absolute atomic E-state index is 0.00379. The van der Waals surface area contributed by atoms with Crippen molar-refractivity contribution in [2.45, 2.75) is 211 Å². The van der Waals surface area contributed by atoms with Gasteiger partial charge in [-0.25, -0.2) is 18.2 Å². The lowest BCUT2D eigenvalue weighted by atomic mass is 9.78. The number of aliphatic hydroxyl groups excluding tert-OH is 2. The van der Waals surface area contributed by atoms with Gasteiger partial charge in [-0.15, -0.1) is 0 Å². The summed E-state index contributed by atoms with van der Waals surface area (Å²) in [5.41, 5.74) is 10.6. The number of esters is 1. The van der Waals surface area contributed by atoms with Gasteiger partial charge in [0.25, 0.3) is 22.8 Å². The van der Waals surface area contributed by atoms with Gasteiger partial charge in [-0.3, -0.25) is 24.0 Å². The van der Waals surface area contributed by atoms with Crippen molar-refractivity contribution >= 4 is 68.3 Å². The number of hydrogen-bond donors (Lipinski definition) is 6. The summed E-state index contributed by atoms with van der Waals surface area (Å²) in [5, 5.41) is 41.9. The van der Waals surface area contributed by atoms with Crippen LogP contribution in [0, 0.1) is 42.4 Å². The third-order valence-corrected chi connectivity index (χ3v) is 26.4. The first-order valence-electron chi connectivity index (χ1n) is 45.5. The number of aliphatic hydroxyl groups is 3. The maximum Gasteiger partial charge on any atom is 0.329 e. The van der Waals surface area contributed by atoms with Crippen LogP contribution in [0.25, 0.3) is 11.1 Å². The highest BCUT2D eigenvalue weighted by Gasteiger charge is 2.53. The lowest BCUT2D eigenvalue weighted by Gasteiger charge is -2.43. The van der Waals surface area contributed by atoms with E-state index < -0.39 is 93.7 Å². The van der Waals surface area contributed by atoms with Crippen LogP contribution < -0.4 is 21.1 Å². The van der Waals surface area contributed by atoms with Crippen LogP contribution in [0.3, 0.4) is 0 Å². The molecule has 34 heteroatoms. The Morgan fingerprint density at radius 2 is 1.34 bits per heavy atom. The van der Waals surface area contributed by atoms with Crippen molar-refractivity contribution in [2.75, 3.05) is 171 Å². The van der Waals surface area contributed by atoms with Crippen LogP contribution in [0.4, 0.5) is 5.82 Å². The molecule has 1 aliphatic carbocycles. The van der Waals surface area contributed by atoms with Gasteiger partial charge in [0.15, 0.2) is 15.6 Å². The number of allylic oxidation sites excluding steroid dienone is 5. The number of ether oxygens (including phenoxy) is 15. The number of aromatic nitrogens is 1. The fraction of sp³-hybridized carbons (Fsp3) is 0.663. The number of benzene rings is 2. The number of nitrogens with two attached hydrogens (primary N) is 1. The number of nitrogens with zero attached hydrogens (tertiary/aromatic N) is 3. The number of methoxy groups -OCH3 is 3. The summed E-state index contributed by atoms with van der Waals surface area (Å²) in [6, 6.07) is 12.7. The zero-order chi connectivity index (χ0) is 93.4. The molecular formula is C95H142N6O26S2. The molecule has 5 aliphatic rings. The van der Waals surface area contributed by atoms with Crippen molar-refractivity contribution in [1.29, 1.82) is 0 Å². The SMILES string of the molecule is CO[C@H]1C[C@@H]2CC[C@@H](C)[C@@](O)(O2)C(=O)C(=O)N2CCCC[C@H]2C(=O)O[C@H]([C@H](C)C[C@@H]2CC[C@@H](OC(=S)NCCOCCOCCOCCOCCOCCOCCOCCOCCC(=O)NCCS(=O)(=O)c3ccc(C(=O)N4CCOc5ccc(-c6ccc(N)nc6)cc5C4)c(C)c3)[C@H](OC)C2)C[C@@H](O)[C@H](C)/C=C(\C)[C@@H](O)[C@@H](OC)C(=O)[C@H](C)C[C@H](C)/C=C/C=CC=C1C. The van der Waals surface area contributed by atoms with Crippen LogP contribution in [0.5, 0.6) is 5.75 Å². The van der Waals surface area contributed by atoms with Gasteiger partial charge >= 0.3 is 5.97 Å². The molecule has 129 heavy (non-hydrogen) atoms. The lowest BCUT2D eigenvalue weighted by Crippen LogP contribution is -2.61. The number of cyclic esters (lactones) is 1. The molecule has 8 rings (SSSR count). The molecule has 16 atom stereocenters. The summed E-state index contributed by atoms with van der Waals surface area (Å²) < 4.78 is 114. The number of thiocarbonyl (C=S) groups is 1. The number of ketones is 2. The molecule has 2 saturated heterocycles. The van der Waals surface area contributed by atoms with E-state index in [0.717, 1.165) is 28.7 Å². The van der Waals surface area contributed by atoms with E-state index in [2.05, 4.69) is 15.6 Å². The molecule has 1 aromatic heterocycles. The van der Waals surface area contributed by atoms with Crippen LogP contribution in [0.1, 0.15) is 153 Å². The van der Waals surface area contributed by atoms with Gasteiger partial charge in [0.1, 0.15) is 48.6 Å². The summed E-state index contributed by atoms with van der Waals surface area (Å²) in [6.45, 7) is 21.4. The number of fused-ring (bicyclic) bond motifs is 4. The first kappa shape index (κ1) is 107. The Kier molecular flexibility index (Phi) is 46.2. The van der Waals surface area contributed by atoms with Gasteiger partial charge in [-0.05, 0) is 180 Å². The van der Waals surface area contributed by atoms with Crippen molar-refractivity contribution in [3.63, 3.8) is 0 Å². The minimum Gasteiger partial charge on any atom is -0.491 e. The molecule has 0 spiro atoms. The Balaban J connectivity index is 0.643. The van der Waals surface area contributed by atoms with E-state index >= 15 is 0 Å². The molecule has 3 fully saturated rings. The molecule has 0 radical (unpaired) electrons. The third kappa shape index (κ3) is 34.4. The van der Waals surface area contributed by atoms with E-state index in [1.807, 2.05) is 82.3 Å². The van der Waals surface area contributed by atoms with Crippen LogP contribution in [0.2, 0.25) is 0 Å². The first-order valence-corrected chi connectivity index (χ1v) is 47.6. The highest BCUT2D eigenvalue weighted by Crippen LogP contribution is 2.40. The monoisotopic (exact) mass is 1850 g/mol. The predicted octanol–water partition coefficient (Wildman–Crippen LogP) is 8.97. The molecule has 720 valence electrons. The van der Waals surface area contributed by atoms with Gasteiger partial charge in [0.05, 0.1) is 147 Å². The Morgan fingerprint density at radius 1 is 0.690 bits per heavy atom. The topological polar surface area (TPSA) is 405 Å². The normalized spacial score (nSPS) is 26.7. The number of nitrogen functional groups attached to an aromatic ring is 1. The molecule has 3 aromatic rings. The Hall–Kier alpha value is -7.59. The lowest BCUT2D eigenvalue weighted by molar-refractivity contribution is -0.265. The van der Waals surface area contributed by atoms with Crippen LogP contribution >= 0.6 is 12.2 Å². The Morgan fingerprint density at radius 3 is 1.97 bits per heavy atom. The summed E-state index contributed by atoms with van der Waals surface area (Å²) >= 11 is 5.62. The molecule has 1 saturated carbocycles. The van der Waals surface area contributed by atoms with Gasteiger partial charge in [0.2, 0.25) is 11.7 Å². The van der Waals surface area contributed by atoms with Gasteiger partial charge < -0.3 is 113 Å². The maximum atomic E-state index is 14.8. The molecule has 32 nitrogen and oxygen atoms in total. The second-order valence-corrected chi connectivity index (χ2v) is 36.7. The van der Waals surface area contributed by atoms with E-state index in [1.165, 1.54) is 30.2 Å². The molecule has 3 amide bonds. The standard InChI is InChI=1S/C95H142N6O26S2/c1-63-17-13-12-14-18-64(2)82(113-9)59-75-24-20-70(8)95(110,127-75)90(106)92(108)101-33-16-15-19-78(101)93(109)125-83(60-79(102)66(4)54-69(7)88(105)89(115-11)87(104)68(6)53-63)67(5)55-71-21-27-81(84(57-71)114-10)126-94(128)98-31-36-117-39-41-119-43-45-121-47-49-123-51-50-122-48-46-120-44-42-118-40-38-116-35-30-86(103)97-32-52-129(111,112)76-25-26-77(65(3)56-76)91(107)100-34-37-124-80-28-22-72(58-74(80)62-100)73-23-29-85(96)99-61-73/h12-14,17-18,22-23,25-26,28-29,54,56,58,61,63,66-68,70-71,75,78-79,81-84,88-89,102,105,110H,15-16,19-21,24,27,30-53,55,57,59-60,62H2,1-11H3,(H2,96,99)(H,97,103)(H,98,128)/b14-12?,17-13+,64-18?,69-54+/t63-,66-,67-,68-,70-,71+,75+,78+,79-,81-,82+,83+,84-,88-,89+,95-/m1/s1. The molecule has 0 unspecified atom stereocenters. The highest BCUT2D eigenvalue weighted by molar-refractivity contribution is 7.91. The van der Waals surface area contributed by atoms with Crippen molar-refractivity contribution in [3.05, 3.63) is 119 Å². The van der Waals surface area contributed by atoms with E-state index in [-0.39, 0.29) is 109 Å². The van der Waals surface area contributed by atoms with Gasteiger partial charge in [0, 0.05) is 107 Å². The fourth-order valence-electron chi connectivity index (χ4n) is 16.7. The van der Waals surface area contributed by atoms with Gasteiger partial charge in [-0.2, -0.15) is 0 Å².